The summed E-state index contributed by atoms with van der Waals surface area (Å²) in [7, 11) is 0. The van der Waals surface area contributed by atoms with Gasteiger partial charge in [0, 0.05) is 0 Å². The van der Waals surface area contributed by atoms with Crippen molar-refractivity contribution in [2.45, 2.75) is 6.54 Å². The SMILES string of the molecule is O=C([O-])Cn1c(=S)[nH]c2ccccc2c1=O. The van der Waals surface area contributed by atoms with Gasteiger partial charge in [0.15, 0.2) is 4.77 Å². The van der Waals surface area contributed by atoms with Gasteiger partial charge in [-0.2, -0.15) is 0 Å². The second kappa shape index (κ2) is 3.90. The van der Waals surface area contributed by atoms with Gasteiger partial charge in [-0.1, -0.05) is 12.1 Å². The molecule has 0 saturated heterocycles. The lowest BCUT2D eigenvalue weighted by Gasteiger charge is -2.07. The smallest absolute Gasteiger partial charge is 0.262 e. The van der Waals surface area contributed by atoms with Crippen molar-refractivity contribution in [3.05, 3.63) is 39.4 Å². The van der Waals surface area contributed by atoms with Crippen molar-refractivity contribution in [3.63, 3.8) is 0 Å². The van der Waals surface area contributed by atoms with Crippen molar-refractivity contribution in [2.75, 3.05) is 0 Å². The number of nitrogens with one attached hydrogen (secondary N) is 1. The van der Waals surface area contributed by atoms with Gasteiger partial charge < -0.3 is 14.9 Å². The number of carboxylic acid groups (broad SMARTS) is 1. The van der Waals surface area contributed by atoms with Gasteiger partial charge in [0.25, 0.3) is 5.56 Å². The molecule has 0 atom stereocenters. The fourth-order valence-electron chi connectivity index (χ4n) is 1.47. The standard InChI is InChI=1S/C10H8N2O3S/c13-8(14)5-12-9(15)6-3-1-2-4-7(6)11-10(12)16/h1-4H,5H2,(H,11,16)(H,13,14)/p-1. The number of aromatic amines is 1. The Morgan fingerprint density at radius 1 is 1.44 bits per heavy atom. The number of rotatable bonds is 2. The van der Waals surface area contributed by atoms with E-state index < -0.39 is 18.1 Å². The van der Waals surface area contributed by atoms with Crippen molar-refractivity contribution in [2.24, 2.45) is 0 Å². The molecule has 1 aromatic carbocycles. The van der Waals surface area contributed by atoms with Crippen LogP contribution in [0.5, 0.6) is 0 Å². The zero-order valence-electron chi connectivity index (χ0n) is 8.10. The Kier molecular flexibility index (Phi) is 2.57. The highest BCUT2D eigenvalue weighted by molar-refractivity contribution is 7.71. The Balaban J connectivity index is 2.81. The van der Waals surface area contributed by atoms with Crippen LogP contribution in [0.15, 0.2) is 29.1 Å². The summed E-state index contributed by atoms with van der Waals surface area (Å²) in [5.41, 5.74) is 0.163. The maximum atomic E-state index is 11.9. The molecule has 2 rings (SSSR count). The molecule has 6 heteroatoms. The quantitative estimate of drug-likeness (QED) is 0.732. The second-order valence-corrected chi connectivity index (χ2v) is 3.63. The normalized spacial score (nSPS) is 10.5. The first kappa shape index (κ1) is 10.6. The number of hydrogen-bond donors (Lipinski definition) is 1. The Hall–Kier alpha value is -1.95. The third kappa shape index (κ3) is 1.74. The summed E-state index contributed by atoms with van der Waals surface area (Å²) in [5.74, 6) is -1.35. The number of carbonyl (C=O) groups excluding carboxylic acids is 1. The average Bonchev–Trinajstić information content (AvgIpc) is 2.24. The number of para-hydroxylation sites is 1. The molecule has 1 aromatic heterocycles. The number of fused-ring (bicyclic) bond motifs is 1. The summed E-state index contributed by atoms with van der Waals surface area (Å²) in [4.78, 5) is 25.1. The summed E-state index contributed by atoms with van der Waals surface area (Å²) < 4.78 is 1.04. The number of hydrogen-bond acceptors (Lipinski definition) is 4. The molecule has 82 valence electrons. The van der Waals surface area contributed by atoms with E-state index in [9.17, 15) is 14.7 Å². The zero-order chi connectivity index (χ0) is 11.7. The van der Waals surface area contributed by atoms with Crippen LogP contribution in [0.3, 0.4) is 0 Å². The van der Waals surface area contributed by atoms with E-state index in [-0.39, 0.29) is 4.77 Å². The number of benzene rings is 1. The highest BCUT2D eigenvalue weighted by Crippen LogP contribution is 2.05. The van der Waals surface area contributed by atoms with E-state index in [2.05, 4.69) is 4.98 Å². The molecular formula is C10H7N2O3S-. The predicted molar refractivity (Wildman–Crippen MR) is 58.4 cm³/mol. The summed E-state index contributed by atoms with van der Waals surface area (Å²) >= 11 is 4.90. The van der Waals surface area contributed by atoms with Gasteiger partial charge in [-0.3, -0.25) is 9.36 Å². The molecule has 0 saturated carbocycles. The molecule has 0 amide bonds. The van der Waals surface area contributed by atoms with Gasteiger partial charge in [0.1, 0.15) is 0 Å². The fraction of sp³-hybridized carbons (Fsp3) is 0.100. The zero-order valence-corrected chi connectivity index (χ0v) is 8.91. The third-order valence-corrected chi connectivity index (χ3v) is 2.50. The maximum absolute atomic E-state index is 11.9. The molecule has 1 N–H and O–H groups in total. The molecule has 0 aliphatic rings. The van der Waals surface area contributed by atoms with E-state index in [1.165, 1.54) is 0 Å². The topological polar surface area (TPSA) is 77.9 Å². The second-order valence-electron chi connectivity index (χ2n) is 3.24. The van der Waals surface area contributed by atoms with Crippen molar-refractivity contribution in [3.8, 4) is 0 Å². The number of aliphatic carboxylic acids is 1. The minimum Gasteiger partial charge on any atom is -0.548 e. The highest BCUT2D eigenvalue weighted by atomic mass is 32.1. The Morgan fingerprint density at radius 3 is 2.81 bits per heavy atom. The van der Waals surface area contributed by atoms with Crippen LogP contribution >= 0.6 is 12.2 Å². The molecule has 1 heterocycles. The Labute approximate surface area is 95.0 Å². The van der Waals surface area contributed by atoms with Gasteiger partial charge in [0.2, 0.25) is 0 Å². The van der Waals surface area contributed by atoms with Crippen LogP contribution in [0, 0.1) is 4.77 Å². The fourth-order valence-corrected chi connectivity index (χ4v) is 1.73. The van der Waals surface area contributed by atoms with E-state index in [0.29, 0.717) is 10.9 Å². The van der Waals surface area contributed by atoms with Crippen LogP contribution in [-0.2, 0) is 11.3 Å². The van der Waals surface area contributed by atoms with Crippen molar-refractivity contribution >= 4 is 29.1 Å². The molecule has 0 fully saturated rings. The maximum Gasteiger partial charge on any atom is 0.262 e. The molecule has 0 aliphatic heterocycles. The summed E-state index contributed by atoms with van der Waals surface area (Å²) in [6, 6.07) is 6.77. The van der Waals surface area contributed by atoms with E-state index in [1.54, 1.807) is 24.3 Å². The number of carbonyl (C=O) groups is 1. The van der Waals surface area contributed by atoms with E-state index in [4.69, 9.17) is 12.2 Å². The summed E-state index contributed by atoms with van der Waals surface area (Å²) in [5, 5.41) is 10.9. The summed E-state index contributed by atoms with van der Waals surface area (Å²) in [6.07, 6.45) is 0. The Morgan fingerprint density at radius 2 is 2.12 bits per heavy atom. The lowest BCUT2D eigenvalue weighted by Crippen LogP contribution is -2.33. The van der Waals surface area contributed by atoms with Crippen LogP contribution < -0.4 is 10.7 Å². The predicted octanol–water partition coefficient (Wildman–Crippen LogP) is -0.191. The largest absolute Gasteiger partial charge is 0.548 e. The molecule has 2 aromatic rings. The highest BCUT2D eigenvalue weighted by Gasteiger charge is 2.04. The number of carboxylic acids is 1. The molecule has 0 bridgehead atoms. The molecule has 0 spiro atoms. The molecule has 0 unspecified atom stereocenters. The van der Waals surface area contributed by atoms with E-state index >= 15 is 0 Å². The minimum absolute atomic E-state index is 0.0768. The number of H-pyrrole nitrogens is 1. The first-order valence-electron chi connectivity index (χ1n) is 4.51. The van der Waals surface area contributed by atoms with Crippen LogP contribution in [0.1, 0.15) is 0 Å². The van der Waals surface area contributed by atoms with Gasteiger partial charge in [-0.15, -0.1) is 0 Å². The average molecular weight is 235 g/mol. The first-order valence-corrected chi connectivity index (χ1v) is 4.92. The Bertz CT molecular complexity index is 672. The molecule has 16 heavy (non-hydrogen) atoms. The summed E-state index contributed by atoms with van der Waals surface area (Å²) in [6.45, 7) is -0.543. The molecule has 0 radical (unpaired) electrons. The van der Waals surface area contributed by atoms with Crippen molar-refractivity contribution < 1.29 is 9.90 Å². The lowest BCUT2D eigenvalue weighted by molar-refractivity contribution is -0.306. The van der Waals surface area contributed by atoms with Gasteiger partial charge >= 0.3 is 0 Å². The van der Waals surface area contributed by atoms with E-state index in [0.717, 1.165) is 4.57 Å². The van der Waals surface area contributed by atoms with Gasteiger partial charge in [0.05, 0.1) is 23.4 Å². The van der Waals surface area contributed by atoms with Gasteiger partial charge in [-0.05, 0) is 24.4 Å². The molecule has 0 aliphatic carbocycles. The van der Waals surface area contributed by atoms with Crippen molar-refractivity contribution in [1.82, 2.24) is 9.55 Å². The van der Waals surface area contributed by atoms with Crippen LogP contribution in [0.2, 0.25) is 0 Å². The monoisotopic (exact) mass is 235 g/mol. The lowest BCUT2D eigenvalue weighted by atomic mass is 10.2. The third-order valence-electron chi connectivity index (χ3n) is 2.18. The van der Waals surface area contributed by atoms with Crippen LogP contribution in [0.25, 0.3) is 10.9 Å². The molecular weight excluding hydrogens is 228 g/mol. The van der Waals surface area contributed by atoms with Crippen LogP contribution in [-0.4, -0.2) is 15.5 Å². The number of nitrogens with zero attached hydrogens (tertiary/aromatic N) is 1. The number of aromatic nitrogens is 2. The minimum atomic E-state index is -1.35. The van der Waals surface area contributed by atoms with Crippen LogP contribution in [0.4, 0.5) is 0 Å². The van der Waals surface area contributed by atoms with Gasteiger partial charge in [-0.25, -0.2) is 0 Å². The first-order chi connectivity index (χ1) is 7.59. The van der Waals surface area contributed by atoms with Crippen molar-refractivity contribution in [1.29, 1.82) is 0 Å². The molecule has 5 nitrogen and oxygen atoms in total. The van der Waals surface area contributed by atoms with E-state index in [1.807, 2.05) is 0 Å².